The van der Waals surface area contributed by atoms with Crippen molar-refractivity contribution < 1.29 is 18.0 Å². The van der Waals surface area contributed by atoms with Gasteiger partial charge in [-0.05, 0) is 67.3 Å². The van der Waals surface area contributed by atoms with Crippen molar-refractivity contribution in [1.29, 1.82) is 0 Å². The standard InChI is InChI=1S/C30H34Cl3N3O4S/c1-4-6-16-34-30(38)28(5-2)35(19-22-13-15-25(31)27(33)17-22)29(37)20-36(23-14-12-21(3)26(32)18-23)41(39,40)24-10-8-7-9-11-24/h7-15,17-18,28H,4-6,16,19-20H2,1-3H3,(H,34,38)/t28-/m1/s1. The number of unbranched alkanes of at least 4 members (excludes halogenated alkanes) is 1. The first-order valence-corrected chi connectivity index (χ1v) is 15.9. The average molecular weight is 639 g/mol. The van der Waals surface area contributed by atoms with Gasteiger partial charge in [0.2, 0.25) is 11.8 Å². The number of hydrogen-bond donors (Lipinski definition) is 1. The molecule has 0 bridgehead atoms. The number of anilines is 1. The first-order valence-electron chi connectivity index (χ1n) is 13.3. The van der Waals surface area contributed by atoms with E-state index in [9.17, 15) is 18.0 Å². The lowest BCUT2D eigenvalue weighted by molar-refractivity contribution is -0.140. The molecule has 0 aliphatic rings. The van der Waals surface area contributed by atoms with Crippen LogP contribution in [0.1, 0.15) is 44.2 Å². The van der Waals surface area contributed by atoms with Crippen LogP contribution >= 0.6 is 34.8 Å². The third kappa shape index (κ3) is 8.38. The Morgan fingerprint density at radius 2 is 1.61 bits per heavy atom. The fourth-order valence-electron chi connectivity index (χ4n) is 4.25. The van der Waals surface area contributed by atoms with Crippen LogP contribution in [0, 0.1) is 6.92 Å². The van der Waals surface area contributed by atoms with E-state index in [0.29, 0.717) is 33.6 Å². The van der Waals surface area contributed by atoms with Crippen LogP contribution in [0.4, 0.5) is 5.69 Å². The molecule has 0 aliphatic carbocycles. The quantitative estimate of drug-likeness (QED) is 0.207. The lowest BCUT2D eigenvalue weighted by atomic mass is 10.1. The molecule has 0 unspecified atom stereocenters. The van der Waals surface area contributed by atoms with E-state index in [2.05, 4.69) is 5.32 Å². The van der Waals surface area contributed by atoms with E-state index >= 15 is 0 Å². The number of sulfonamides is 1. The number of halogens is 3. The van der Waals surface area contributed by atoms with Crippen molar-refractivity contribution in [2.24, 2.45) is 0 Å². The van der Waals surface area contributed by atoms with Gasteiger partial charge in [0.05, 0.1) is 20.6 Å². The maximum Gasteiger partial charge on any atom is 0.264 e. The number of benzene rings is 3. The van der Waals surface area contributed by atoms with Crippen LogP contribution in [0.5, 0.6) is 0 Å². The van der Waals surface area contributed by atoms with Crippen LogP contribution in [-0.2, 0) is 26.2 Å². The predicted octanol–water partition coefficient (Wildman–Crippen LogP) is 6.87. The van der Waals surface area contributed by atoms with Gasteiger partial charge in [-0.1, -0.05) is 85.4 Å². The van der Waals surface area contributed by atoms with Crippen LogP contribution in [0.15, 0.2) is 71.6 Å². The highest BCUT2D eigenvalue weighted by atomic mass is 35.5. The molecule has 3 aromatic rings. The van der Waals surface area contributed by atoms with Gasteiger partial charge in [0, 0.05) is 18.1 Å². The third-order valence-electron chi connectivity index (χ3n) is 6.61. The topological polar surface area (TPSA) is 86.8 Å². The van der Waals surface area contributed by atoms with E-state index in [0.717, 1.165) is 22.7 Å². The van der Waals surface area contributed by atoms with Gasteiger partial charge in [-0.2, -0.15) is 0 Å². The van der Waals surface area contributed by atoms with Gasteiger partial charge in [0.1, 0.15) is 12.6 Å². The maximum absolute atomic E-state index is 14.1. The summed E-state index contributed by atoms with van der Waals surface area (Å²) in [4.78, 5) is 28.8. The molecule has 0 spiro atoms. The number of hydrogen-bond acceptors (Lipinski definition) is 4. The molecule has 0 aliphatic heterocycles. The Balaban J connectivity index is 2.06. The van der Waals surface area contributed by atoms with Crippen LogP contribution in [0.2, 0.25) is 15.1 Å². The van der Waals surface area contributed by atoms with Gasteiger partial charge in [-0.15, -0.1) is 0 Å². The number of amides is 2. The zero-order chi connectivity index (χ0) is 30.2. The smallest absolute Gasteiger partial charge is 0.264 e. The Morgan fingerprint density at radius 3 is 2.22 bits per heavy atom. The summed E-state index contributed by atoms with van der Waals surface area (Å²) in [5.41, 5.74) is 1.63. The summed E-state index contributed by atoms with van der Waals surface area (Å²) < 4.78 is 28.8. The van der Waals surface area contributed by atoms with E-state index < -0.39 is 28.5 Å². The molecule has 3 rings (SSSR count). The minimum Gasteiger partial charge on any atom is -0.354 e. The Hall–Kier alpha value is -2.78. The Labute approximate surface area is 257 Å². The van der Waals surface area contributed by atoms with Crippen LogP contribution in [0.25, 0.3) is 0 Å². The highest BCUT2D eigenvalue weighted by molar-refractivity contribution is 7.92. The summed E-state index contributed by atoms with van der Waals surface area (Å²) >= 11 is 18.7. The Bertz CT molecular complexity index is 1470. The molecule has 0 fully saturated rings. The minimum absolute atomic E-state index is 0.0172. The van der Waals surface area contributed by atoms with Crippen molar-refractivity contribution in [2.75, 3.05) is 17.4 Å². The second kappa shape index (κ2) is 14.9. The van der Waals surface area contributed by atoms with E-state index in [1.807, 2.05) is 6.92 Å². The van der Waals surface area contributed by atoms with Gasteiger partial charge in [0.15, 0.2) is 0 Å². The molecule has 41 heavy (non-hydrogen) atoms. The maximum atomic E-state index is 14.1. The normalized spacial score (nSPS) is 12.0. The fraction of sp³-hybridized carbons (Fsp3) is 0.333. The molecule has 0 radical (unpaired) electrons. The molecule has 11 heteroatoms. The zero-order valence-electron chi connectivity index (χ0n) is 23.2. The lowest BCUT2D eigenvalue weighted by Crippen LogP contribution is -2.52. The highest BCUT2D eigenvalue weighted by Crippen LogP contribution is 2.29. The fourth-order valence-corrected chi connectivity index (χ4v) is 6.17. The summed E-state index contributed by atoms with van der Waals surface area (Å²) in [6.45, 7) is 5.55. The van der Waals surface area contributed by atoms with Crippen LogP contribution < -0.4 is 9.62 Å². The number of nitrogens with zero attached hydrogens (tertiary/aromatic N) is 2. The molecule has 7 nitrogen and oxygen atoms in total. The first-order chi connectivity index (χ1) is 19.5. The monoisotopic (exact) mass is 637 g/mol. The second-order valence-electron chi connectivity index (χ2n) is 9.60. The molecule has 3 aromatic carbocycles. The van der Waals surface area contributed by atoms with E-state index in [1.54, 1.807) is 62.4 Å². The average Bonchev–Trinajstić information content (AvgIpc) is 2.95. The molecule has 0 saturated carbocycles. The Morgan fingerprint density at radius 1 is 0.902 bits per heavy atom. The lowest BCUT2D eigenvalue weighted by Gasteiger charge is -2.33. The molecule has 220 valence electrons. The summed E-state index contributed by atoms with van der Waals surface area (Å²) in [6.07, 6.45) is 2.00. The summed E-state index contributed by atoms with van der Waals surface area (Å²) in [7, 11) is -4.18. The molecule has 0 aromatic heterocycles. The van der Waals surface area contributed by atoms with Crippen molar-refractivity contribution in [3.8, 4) is 0 Å². The van der Waals surface area contributed by atoms with Crippen molar-refractivity contribution in [1.82, 2.24) is 10.2 Å². The van der Waals surface area contributed by atoms with Gasteiger partial charge >= 0.3 is 0 Å². The van der Waals surface area contributed by atoms with Gasteiger partial charge in [-0.25, -0.2) is 8.42 Å². The third-order valence-corrected chi connectivity index (χ3v) is 9.54. The van der Waals surface area contributed by atoms with Crippen LogP contribution in [-0.4, -0.2) is 44.3 Å². The van der Waals surface area contributed by atoms with E-state index in [4.69, 9.17) is 34.8 Å². The zero-order valence-corrected chi connectivity index (χ0v) is 26.3. The molecule has 1 N–H and O–H groups in total. The molecular formula is C30H34Cl3N3O4S. The molecule has 2 amide bonds. The van der Waals surface area contributed by atoms with Gasteiger partial charge in [0.25, 0.3) is 10.0 Å². The number of nitrogens with one attached hydrogen (secondary N) is 1. The number of carbonyl (C=O) groups is 2. The second-order valence-corrected chi connectivity index (χ2v) is 12.7. The van der Waals surface area contributed by atoms with Crippen molar-refractivity contribution in [3.63, 3.8) is 0 Å². The molecule has 0 saturated heterocycles. The minimum atomic E-state index is -4.18. The predicted molar refractivity (Wildman–Crippen MR) is 166 cm³/mol. The summed E-state index contributed by atoms with van der Waals surface area (Å²) in [5, 5.41) is 3.92. The van der Waals surface area contributed by atoms with Crippen molar-refractivity contribution in [2.45, 2.75) is 57.5 Å². The number of rotatable bonds is 13. The number of aryl methyl sites for hydroxylation is 1. The number of carbonyl (C=O) groups excluding carboxylic acids is 2. The van der Waals surface area contributed by atoms with Crippen molar-refractivity contribution in [3.05, 3.63) is 92.9 Å². The SMILES string of the molecule is CCCCNC(=O)[C@@H](CC)N(Cc1ccc(Cl)c(Cl)c1)C(=O)CN(c1ccc(C)c(Cl)c1)S(=O)(=O)c1ccccc1. The van der Waals surface area contributed by atoms with Gasteiger partial charge in [-0.3, -0.25) is 13.9 Å². The van der Waals surface area contributed by atoms with Crippen molar-refractivity contribution >= 4 is 62.3 Å². The highest BCUT2D eigenvalue weighted by Gasteiger charge is 2.33. The van der Waals surface area contributed by atoms with Gasteiger partial charge < -0.3 is 10.2 Å². The molecule has 1 atom stereocenters. The molecular weight excluding hydrogens is 605 g/mol. The molecule has 0 heterocycles. The van der Waals surface area contributed by atoms with E-state index in [1.165, 1.54) is 23.1 Å². The first kappa shape index (κ1) is 32.7. The largest absolute Gasteiger partial charge is 0.354 e. The summed E-state index contributed by atoms with van der Waals surface area (Å²) in [5.74, 6) is -0.880. The van der Waals surface area contributed by atoms with E-state index in [-0.39, 0.29) is 23.0 Å². The van der Waals surface area contributed by atoms with Crippen LogP contribution in [0.3, 0.4) is 0 Å². The summed E-state index contributed by atoms with van der Waals surface area (Å²) in [6, 6.07) is 16.8. The Kier molecular flexibility index (Phi) is 11.9.